The monoisotopic (exact) mass is 708 g/mol. The van der Waals surface area contributed by atoms with E-state index in [2.05, 4.69) is 45.0 Å². The molecule has 6 heterocycles. The summed E-state index contributed by atoms with van der Waals surface area (Å²) in [4.78, 5) is 21.1. The van der Waals surface area contributed by atoms with Gasteiger partial charge in [-0.1, -0.05) is 5.16 Å². The van der Waals surface area contributed by atoms with Gasteiger partial charge in [-0.2, -0.15) is 10.5 Å². The molecule has 4 aromatic rings. The molecule has 1 spiro atoms. The highest BCUT2D eigenvalue weighted by molar-refractivity contribution is 7.16. The van der Waals surface area contributed by atoms with E-state index in [1.165, 1.54) is 11.3 Å². The first-order chi connectivity index (χ1) is 24.8. The number of rotatable bonds is 7. The highest BCUT2D eigenvalue weighted by atomic mass is 32.1. The van der Waals surface area contributed by atoms with Gasteiger partial charge in [-0.15, -0.1) is 16.4 Å². The number of nitrogen functional groups attached to an aromatic ring is 1. The standard InChI is InChI=1S/C36H40N10O4S/c1-20(25-7-5-13-45(25)2)49-29-16-26(46-14-9-28(43-46)41-35(47)40-21-10-15-48-19-21)23(17-37)31(42-29)32-22-6-3-11-36(33(22)50-44-32)12-4-8-27-30(36)24(18-38)34(39)51-27/h9,14,16,20-21,25H,3-8,10-13,15,19,39H2,1-2H3,(H2,40,41,43,47)/t20-,21-,25-,36?/m0/s1. The molecule has 0 aromatic carbocycles. The lowest BCUT2D eigenvalue weighted by molar-refractivity contribution is 0.117. The molecule has 1 unspecified atom stereocenters. The van der Waals surface area contributed by atoms with Gasteiger partial charge < -0.3 is 25.0 Å². The van der Waals surface area contributed by atoms with Gasteiger partial charge in [0, 0.05) is 41.4 Å². The molecule has 14 nitrogen and oxygen atoms in total. The van der Waals surface area contributed by atoms with E-state index in [0.717, 1.165) is 79.7 Å². The van der Waals surface area contributed by atoms with Crippen LogP contribution in [0.4, 0.5) is 15.6 Å². The lowest BCUT2D eigenvalue weighted by atomic mass is 9.63. The van der Waals surface area contributed by atoms with Crippen molar-refractivity contribution < 1.29 is 18.8 Å². The van der Waals surface area contributed by atoms with E-state index in [9.17, 15) is 15.3 Å². The number of carbonyl (C=O) groups excluding carboxylic acids is 1. The summed E-state index contributed by atoms with van der Waals surface area (Å²) in [5, 5.41) is 36.4. The minimum Gasteiger partial charge on any atom is -0.473 e. The lowest BCUT2D eigenvalue weighted by Crippen LogP contribution is -2.38. The molecule has 2 aliphatic heterocycles. The molecule has 2 saturated heterocycles. The number of hydrogen-bond acceptors (Lipinski definition) is 12. The number of nitrogens with two attached hydrogens (primary N) is 1. The molecule has 0 radical (unpaired) electrons. The summed E-state index contributed by atoms with van der Waals surface area (Å²) in [5.41, 5.74) is 9.74. The predicted octanol–water partition coefficient (Wildman–Crippen LogP) is 5.04. The molecule has 0 saturated carbocycles. The summed E-state index contributed by atoms with van der Waals surface area (Å²) >= 11 is 1.50. The molecule has 4 aliphatic rings. The molecule has 4 atom stereocenters. The second-order valence-corrected chi connectivity index (χ2v) is 15.1. The van der Waals surface area contributed by atoms with Crippen LogP contribution in [0.2, 0.25) is 0 Å². The number of aryl methyl sites for hydroxylation is 1. The Labute approximate surface area is 299 Å². The molecule has 2 fully saturated rings. The maximum atomic E-state index is 12.7. The number of anilines is 2. The van der Waals surface area contributed by atoms with Crippen LogP contribution >= 0.6 is 11.3 Å². The number of aromatic nitrogens is 4. The van der Waals surface area contributed by atoms with Gasteiger partial charge in [0.25, 0.3) is 0 Å². The van der Waals surface area contributed by atoms with Crippen LogP contribution in [0.15, 0.2) is 22.9 Å². The average Bonchev–Trinajstić information content (AvgIpc) is 3.96. The number of hydrogen-bond donors (Lipinski definition) is 3. The first kappa shape index (κ1) is 33.2. The normalized spacial score (nSPS) is 23.3. The van der Waals surface area contributed by atoms with Crippen LogP contribution in [-0.4, -0.2) is 75.8 Å². The largest absolute Gasteiger partial charge is 0.473 e. The van der Waals surface area contributed by atoms with E-state index in [1.807, 2.05) is 6.92 Å². The number of pyridine rings is 1. The lowest BCUT2D eigenvalue weighted by Gasteiger charge is -2.39. The van der Waals surface area contributed by atoms with Crippen molar-refractivity contribution in [3.8, 4) is 35.1 Å². The molecule has 8 rings (SSSR count). The third kappa shape index (κ3) is 5.79. The van der Waals surface area contributed by atoms with Gasteiger partial charge in [0.1, 0.15) is 40.2 Å². The zero-order valence-electron chi connectivity index (χ0n) is 28.7. The van der Waals surface area contributed by atoms with Crippen molar-refractivity contribution in [2.24, 2.45) is 0 Å². The summed E-state index contributed by atoms with van der Waals surface area (Å²) in [5.74, 6) is 1.37. The fourth-order valence-electron chi connectivity index (χ4n) is 8.57. The van der Waals surface area contributed by atoms with Crippen LogP contribution in [0.1, 0.15) is 84.8 Å². The molecule has 15 heteroatoms. The minimum absolute atomic E-state index is 0.0584. The van der Waals surface area contributed by atoms with Gasteiger partial charge >= 0.3 is 6.03 Å². The molecular formula is C36H40N10O4S. The Morgan fingerprint density at radius 3 is 2.75 bits per heavy atom. The van der Waals surface area contributed by atoms with Crippen LogP contribution < -0.4 is 21.1 Å². The first-order valence-corrected chi connectivity index (χ1v) is 18.5. The summed E-state index contributed by atoms with van der Waals surface area (Å²) in [7, 11) is 2.10. The second-order valence-electron chi connectivity index (χ2n) is 14.0. The van der Waals surface area contributed by atoms with Crippen molar-refractivity contribution in [1.82, 2.24) is 30.1 Å². The molecule has 2 amide bonds. The fourth-order valence-corrected chi connectivity index (χ4v) is 9.73. The number of urea groups is 1. The van der Waals surface area contributed by atoms with Crippen molar-refractivity contribution >= 4 is 28.2 Å². The highest BCUT2D eigenvalue weighted by Crippen LogP contribution is 2.55. The van der Waals surface area contributed by atoms with Crippen LogP contribution in [0, 0.1) is 22.7 Å². The third-order valence-corrected chi connectivity index (χ3v) is 12.0. The van der Waals surface area contributed by atoms with Crippen molar-refractivity contribution in [3.63, 3.8) is 0 Å². The third-order valence-electron chi connectivity index (χ3n) is 10.9. The van der Waals surface area contributed by atoms with E-state index in [-0.39, 0.29) is 29.8 Å². The Balaban J connectivity index is 1.21. The number of likely N-dealkylation sites (N-methyl/N-ethyl adjacent to an activating group) is 1. The molecule has 264 valence electrons. The number of amides is 2. The van der Waals surface area contributed by atoms with Gasteiger partial charge in [-0.3, -0.25) is 10.2 Å². The molecule has 0 bridgehead atoms. The number of likely N-dealkylation sites (tertiary alicyclic amines) is 1. The Kier molecular flexibility index (Phi) is 8.66. The quantitative estimate of drug-likeness (QED) is 0.233. The Morgan fingerprint density at radius 1 is 1.18 bits per heavy atom. The number of ether oxygens (including phenoxy) is 2. The van der Waals surface area contributed by atoms with Crippen LogP contribution in [-0.2, 0) is 23.0 Å². The number of fused-ring (bicyclic) bond motifs is 4. The van der Waals surface area contributed by atoms with Gasteiger partial charge in [-0.25, -0.2) is 14.5 Å². The van der Waals surface area contributed by atoms with Crippen molar-refractivity contribution in [3.05, 3.63) is 51.2 Å². The highest BCUT2D eigenvalue weighted by Gasteiger charge is 2.49. The zero-order valence-corrected chi connectivity index (χ0v) is 29.5. The minimum atomic E-state index is -0.523. The average molecular weight is 709 g/mol. The second kappa shape index (κ2) is 13.3. The SMILES string of the molecule is C[C@H](Oc1cc(-n2ccc(NC(=O)N[C@H]3CCOC3)n2)c(C#N)c(-c2noc3c2CCCC32CCCc3sc(N)c(C#N)c32)n1)[C@@H]1CCCN1C. The molecule has 4 aromatic heterocycles. The fraction of sp³-hybridized carbons (Fsp3) is 0.500. The van der Waals surface area contributed by atoms with Crippen molar-refractivity contribution in [1.29, 1.82) is 10.5 Å². The predicted molar refractivity (Wildman–Crippen MR) is 189 cm³/mol. The summed E-state index contributed by atoms with van der Waals surface area (Å²) in [6.07, 6.45) is 9.33. The molecule has 2 aliphatic carbocycles. The van der Waals surface area contributed by atoms with Crippen molar-refractivity contribution in [2.45, 2.75) is 88.3 Å². The maximum Gasteiger partial charge on any atom is 0.320 e. The Hall–Kier alpha value is -4.96. The van der Waals surface area contributed by atoms with E-state index < -0.39 is 5.41 Å². The molecular weight excluding hydrogens is 669 g/mol. The summed E-state index contributed by atoms with van der Waals surface area (Å²) in [6.45, 7) is 4.12. The number of carbonyl (C=O) groups is 1. The number of nitriles is 2. The van der Waals surface area contributed by atoms with Crippen LogP contribution in [0.3, 0.4) is 0 Å². The zero-order chi connectivity index (χ0) is 35.3. The van der Waals surface area contributed by atoms with E-state index in [4.69, 9.17) is 24.7 Å². The van der Waals surface area contributed by atoms with Gasteiger partial charge in [-0.05, 0) is 83.9 Å². The Bertz CT molecular complexity index is 2060. The van der Waals surface area contributed by atoms with E-state index in [1.54, 1.807) is 23.0 Å². The summed E-state index contributed by atoms with van der Waals surface area (Å²) in [6, 6.07) is 7.90. The topological polar surface area (TPSA) is 193 Å². The van der Waals surface area contributed by atoms with Crippen LogP contribution in [0.5, 0.6) is 5.88 Å². The Morgan fingerprint density at radius 2 is 2.00 bits per heavy atom. The maximum absolute atomic E-state index is 12.7. The molecule has 51 heavy (non-hydrogen) atoms. The summed E-state index contributed by atoms with van der Waals surface area (Å²) < 4.78 is 19.7. The van der Waals surface area contributed by atoms with Gasteiger partial charge in [0.2, 0.25) is 5.88 Å². The number of nitrogens with one attached hydrogen (secondary N) is 2. The van der Waals surface area contributed by atoms with Gasteiger partial charge in [0.05, 0.1) is 29.3 Å². The first-order valence-electron chi connectivity index (χ1n) is 17.6. The molecule has 4 N–H and O–H groups in total. The van der Waals surface area contributed by atoms with Crippen molar-refractivity contribution in [2.75, 3.05) is 37.9 Å². The van der Waals surface area contributed by atoms with Crippen LogP contribution in [0.25, 0.3) is 17.1 Å². The van der Waals surface area contributed by atoms with Gasteiger partial charge in [0.15, 0.2) is 11.6 Å². The van der Waals surface area contributed by atoms with E-state index in [0.29, 0.717) is 59.0 Å². The number of thiophene rings is 1. The number of nitrogens with zero attached hydrogens (tertiary/aromatic N) is 7. The smallest absolute Gasteiger partial charge is 0.320 e. The van der Waals surface area contributed by atoms with E-state index >= 15 is 0 Å².